The molecule has 3 unspecified atom stereocenters. The summed E-state index contributed by atoms with van der Waals surface area (Å²) in [5.74, 6) is 3.78. The number of aryl methyl sites for hydroxylation is 1. The van der Waals surface area contributed by atoms with Crippen molar-refractivity contribution < 1.29 is 61.9 Å². The third kappa shape index (κ3) is 19.0. The number of carbonyl (C=O) groups is 4. The molecular weight excluding hydrogens is 1500 g/mol. The predicted octanol–water partition coefficient (Wildman–Crippen LogP) is 16.7. The van der Waals surface area contributed by atoms with Crippen LogP contribution in [-0.4, -0.2) is 188 Å². The lowest BCUT2D eigenvalue weighted by molar-refractivity contribution is 0.0105. The monoisotopic (exact) mass is 1620 g/mol. The topological polar surface area (TPSA) is 216 Å². The van der Waals surface area contributed by atoms with E-state index in [4.69, 9.17) is 23.7 Å². The maximum Gasteiger partial charge on any atom is 0.253 e. The van der Waals surface area contributed by atoms with Crippen molar-refractivity contribution in [3.63, 3.8) is 0 Å². The number of nitrogens with one attached hydrogen (secondary N) is 4. The molecule has 0 bridgehead atoms. The van der Waals surface area contributed by atoms with E-state index in [0.717, 1.165) is 203 Å². The molecule has 4 saturated heterocycles. The van der Waals surface area contributed by atoms with Crippen molar-refractivity contribution in [2.45, 2.75) is 173 Å². The predicted molar refractivity (Wildman–Crippen MR) is 463 cm³/mol. The summed E-state index contributed by atoms with van der Waals surface area (Å²) < 4.78 is 59.8. The van der Waals surface area contributed by atoms with Gasteiger partial charge in [0.15, 0.2) is 0 Å². The number of ether oxygens (including phenoxy) is 5. The maximum atomic E-state index is 14.1. The highest BCUT2D eigenvalue weighted by molar-refractivity contribution is 5.97. The van der Waals surface area contributed by atoms with Crippen molar-refractivity contribution in [1.29, 1.82) is 0 Å². The van der Waals surface area contributed by atoms with Crippen LogP contribution in [0.15, 0.2) is 164 Å². The van der Waals surface area contributed by atoms with Gasteiger partial charge in [-0.1, -0.05) is 54.6 Å². The van der Waals surface area contributed by atoms with Crippen LogP contribution in [0.3, 0.4) is 0 Å². The van der Waals surface area contributed by atoms with Gasteiger partial charge in [0.25, 0.3) is 23.6 Å². The number of hydrogen-bond donors (Lipinski definition) is 6. The number of aromatic hydroxyl groups is 2. The molecule has 3 atom stereocenters. The van der Waals surface area contributed by atoms with Gasteiger partial charge in [-0.2, -0.15) is 0 Å². The van der Waals surface area contributed by atoms with Gasteiger partial charge < -0.3 is 74.8 Å². The van der Waals surface area contributed by atoms with Crippen molar-refractivity contribution in [2.24, 2.45) is 0 Å². The molecule has 0 aromatic heterocycles. The van der Waals surface area contributed by atoms with E-state index in [1.54, 1.807) is 53.3 Å². The van der Waals surface area contributed by atoms with E-state index >= 15 is 0 Å². The number of rotatable bonds is 17. The lowest BCUT2D eigenvalue weighted by Crippen LogP contribution is -2.49. The smallest absolute Gasteiger partial charge is 0.253 e. The highest BCUT2D eigenvalue weighted by Gasteiger charge is 2.47. The van der Waals surface area contributed by atoms with Gasteiger partial charge in [0.2, 0.25) is 0 Å². The Labute approximate surface area is 701 Å². The van der Waals surface area contributed by atoms with Crippen molar-refractivity contribution in [1.82, 2.24) is 40.9 Å². The number of piperidine rings is 4. The van der Waals surface area contributed by atoms with Gasteiger partial charge >= 0.3 is 0 Å². The van der Waals surface area contributed by atoms with E-state index in [9.17, 15) is 38.2 Å². The van der Waals surface area contributed by atoms with Crippen LogP contribution in [0.2, 0.25) is 0 Å². The van der Waals surface area contributed by atoms with Crippen LogP contribution in [0.1, 0.15) is 235 Å². The zero-order valence-electron chi connectivity index (χ0n) is 71.0. The maximum absolute atomic E-state index is 14.1. The van der Waals surface area contributed by atoms with Gasteiger partial charge in [-0.25, -0.2) is 8.78 Å². The Morgan fingerprint density at radius 1 is 0.403 bits per heavy atom. The number of hydrogen-bond acceptors (Lipinski definition) is 15. The largest absolute Gasteiger partial charge is 0.508 e. The van der Waals surface area contributed by atoms with Crippen molar-refractivity contribution in [3.05, 3.63) is 248 Å². The summed E-state index contributed by atoms with van der Waals surface area (Å²) >= 11 is 0. The number of phenolic OH excluding ortho intramolecular Hbond substituents is 2. The first kappa shape index (κ1) is 86.5. The first-order valence-electron chi connectivity index (χ1n) is 43.3. The van der Waals surface area contributed by atoms with Gasteiger partial charge in [-0.3, -0.25) is 19.2 Å². The molecule has 8 aromatic rings. The summed E-state index contributed by atoms with van der Waals surface area (Å²) in [7, 11) is 1.72. The summed E-state index contributed by atoms with van der Waals surface area (Å²) in [5, 5.41) is 35.4. The van der Waals surface area contributed by atoms with Crippen LogP contribution in [0.4, 0.5) is 8.78 Å². The minimum Gasteiger partial charge on any atom is -0.508 e. The van der Waals surface area contributed by atoms with Crippen LogP contribution < -0.4 is 45.0 Å². The lowest BCUT2D eigenvalue weighted by Gasteiger charge is -2.45. The average molecular weight is 1620 g/mol. The number of methoxy groups -OCH3 is 1. The second kappa shape index (κ2) is 38.4. The number of amides is 4. The number of halogens is 2. The van der Waals surface area contributed by atoms with Gasteiger partial charge in [-0.15, -0.1) is 0 Å². The minimum absolute atomic E-state index is 0.0388. The molecule has 0 saturated carbocycles. The Balaban J connectivity index is 0.000000137. The average Bonchev–Trinajstić information content (AvgIpc) is 0.862. The second-order valence-electron chi connectivity index (χ2n) is 32.7. The Morgan fingerprint density at radius 2 is 0.807 bits per heavy atom. The SMILES string of the molecule is CCN(CC)C(=O)c1ccc(C2=CC3(CCNCC3)Oc3ccc(F)cc32)c(C)c1.CCN(CC)C(=O)c1ccc(C2CC3(CCNCC3)Oc3ccc(F)cc32)c(O)c1.CCN(CC)C(=O)c1ccc(C2CC3(CCNCC3)Oc3cccc(OC)c32)cc1.CCN(CC)C(=O)c1ccc(C2CC3(CCNCC3)Oc3ccccc32)c(O)c1. The normalized spacial score (nSPS) is 19.1. The van der Waals surface area contributed by atoms with E-state index in [0.29, 0.717) is 73.7 Å². The molecule has 0 aliphatic carbocycles. The number of carbonyl (C=O) groups excluding carboxylic acids is 4. The number of nitrogens with zero attached hydrogens (tertiary/aromatic N) is 4. The summed E-state index contributed by atoms with van der Waals surface area (Å²) in [4.78, 5) is 58.0. The molecule has 4 fully saturated rings. The molecule has 19 nitrogen and oxygen atoms in total. The fourth-order valence-corrected chi connectivity index (χ4v) is 18.9. The molecule has 8 aromatic carbocycles. The molecule has 119 heavy (non-hydrogen) atoms. The van der Waals surface area contributed by atoms with E-state index in [1.807, 2.05) is 151 Å². The third-order valence-electron chi connectivity index (χ3n) is 25.7. The minimum atomic E-state index is -0.381. The summed E-state index contributed by atoms with van der Waals surface area (Å²) in [6, 6.07) is 48.0. The number of benzene rings is 8. The molecule has 16 rings (SSSR count). The van der Waals surface area contributed by atoms with Crippen molar-refractivity contribution >= 4 is 29.2 Å². The number of phenols is 2. The van der Waals surface area contributed by atoms with Crippen LogP contribution in [0.5, 0.6) is 40.2 Å². The van der Waals surface area contributed by atoms with E-state index in [2.05, 4.69) is 51.6 Å². The van der Waals surface area contributed by atoms with Crippen LogP contribution in [0.25, 0.3) is 5.57 Å². The van der Waals surface area contributed by atoms with Gasteiger partial charge in [0.1, 0.15) is 74.3 Å². The molecule has 0 radical (unpaired) electrons. The van der Waals surface area contributed by atoms with Gasteiger partial charge in [0.05, 0.1) is 7.11 Å². The molecule has 6 N–H and O–H groups in total. The Morgan fingerprint density at radius 3 is 1.29 bits per heavy atom. The van der Waals surface area contributed by atoms with E-state index < -0.39 is 0 Å². The third-order valence-corrected chi connectivity index (χ3v) is 25.7. The van der Waals surface area contributed by atoms with Gasteiger partial charge in [-0.05, 0) is 304 Å². The fourth-order valence-electron chi connectivity index (χ4n) is 18.9. The molecule has 21 heteroatoms. The Kier molecular flexibility index (Phi) is 27.9. The molecular formula is C98H120F2N8O11. The highest BCUT2D eigenvalue weighted by Crippen LogP contribution is 2.54. The Hall–Kier alpha value is -10.3. The quantitative estimate of drug-likeness (QED) is 0.0500. The van der Waals surface area contributed by atoms with Crippen LogP contribution >= 0.6 is 0 Å². The van der Waals surface area contributed by atoms with Crippen molar-refractivity contribution in [3.8, 4) is 40.2 Å². The van der Waals surface area contributed by atoms with Crippen LogP contribution in [0, 0.1) is 18.6 Å². The lowest BCUT2D eigenvalue weighted by atomic mass is 9.74. The first-order chi connectivity index (χ1) is 57.6. The molecule has 8 aliphatic heterocycles. The zero-order chi connectivity index (χ0) is 84.2. The standard InChI is InChI=1S/C25H29FN2O2.C25H32N2O3.C24H29FN2O3.C24H30N2O3/c1-4-28(5-2)24(29)18-6-8-20(17(3)14-18)22-16-25(10-12-27-13-11-25)30-23-9-7-19(26)15-21(22)23;1-4-27(5-2)24(28)19-11-9-18(10-12-19)20-17-25(13-15-26-16-14-25)30-22-8-6-7-21(29-3)23(20)22;1-3-27(4-2)23(29)16-5-7-18(21(28)13-16)20-15-24(9-11-26-12-10-24)30-22-8-6-17(25)14-19(20)22;1-3-26(4-2)23(28)17-9-10-18(21(27)15-17)20-16-24(11-13-25-14-12-24)29-22-8-6-5-7-19(20)22/h6-9,14-16,27H,4-5,10-13H2,1-3H3;6-12,20,26H,4-5,13-17H2,1-3H3;5-8,13-14,20,26,28H,3-4,9-12,15H2,1-2H3;5-10,15,20,25,27H,3-4,11-14,16H2,1-2H3. The van der Waals surface area contributed by atoms with E-state index in [1.165, 1.54) is 23.8 Å². The zero-order valence-corrected chi connectivity index (χ0v) is 71.0. The van der Waals surface area contributed by atoms with Crippen LogP contribution in [-0.2, 0) is 0 Å². The molecule has 8 aliphatic rings. The molecule has 8 heterocycles. The second-order valence-corrected chi connectivity index (χ2v) is 32.7. The molecule has 4 amide bonds. The first-order valence-corrected chi connectivity index (χ1v) is 43.3. The summed E-state index contributed by atoms with van der Waals surface area (Å²) in [5.41, 5.74) is 10.9. The summed E-state index contributed by atoms with van der Waals surface area (Å²) in [6.07, 6.45) is 12.0. The van der Waals surface area contributed by atoms with E-state index in [-0.39, 0.29) is 86.9 Å². The van der Waals surface area contributed by atoms with Gasteiger partial charge in [0, 0.05) is 139 Å². The fraction of sp³-hybridized carbons (Fsp3) is 0.449. The molecule has 4 spiro atoms. The molecule has 632 valence electrons. The summed E-state index contributed by atoms with van der Waals surface area (Å²) in [6.45, 7) is 30.5. The Bertz CT molecular complexity index is 4920. The number of para-hydroxylation sites is 1. The highest BCUT2D eigenvalue weighted by atomic mass is 19.1. The number of fused-ring (bicyclic) bond motifs is 4. The van der Waals surface area contributed by atoms with Crippen molar-refractivity contribution in [2.75, 3.05) is 112 Å².